The maximum Gasteiger partial charge on any atom is 0.0354 e. The number of hydrogen-bond acceptors (Lipinski definition) is 1. The lowest BCUT2D eigenvalue weighted by Crippen LogP contribution is -2.27. The van der Waals surface area contributed by atoms with Crippen LogP contribution in [-0.2, 0) is 0 Å². The molecule has 0 unspecified atom stereocenters. The fourth-order valence-electron chi connectivity index (χ4n) is 3.58. The minimum atomic E-state index is 0.586. The Morgan fingerprint density at radius 2 is 1.29 bits per heavy atom. The lowest BCUT2D eigenvalue weighted by Gasteiger charge is -2.31. The summed E-state index contributed by atoms with van der Waals surface area (Å²) in [6.45, 7) is 3.49. The van der Waals surface area contributed by atoms with Gasteiger partial charge in [-0.2, -0.15) is 0 Å². The van der Waals surface area contributed by atoms with Gasteiger partial charge in [-0.15, -0.1) is 0 Å². The third-order valence-electron chi connectivity index (χ3n) is 4.65. The summed E-state index contributed by atoms with van der Waals surface area (Å²) in [5.41, 5.74) is 2.96. The molecular formula is C20H25N. The van der Waals surface area contributed by atoms with Crippen LogP contribution >= 0.6 is 0 Å². The Labute approximate surface area is 128 Å². The molecule has 2 aromatic rings. The van der Waals surface area contributed by atoms with Crippen molar-refractivity contribution in [3.05, 3.63) is 71.8 Å². The average Bonchev–Trinajstić information content (AvgIpc) is 2.98. The van der Waals surface area contributed by atoms with Gasteiger partial charge in [0.1, 0.15) is 0 Å². The fraction of sp³-hybridized carbons (Fsp3) is 0.400. The van der Waals surface area contributed by atoms with Crippen molar-refractivity contribution in [3.8, 4) is 0 Å². The van der Waals surface area contributed by atoms with E-state index in [0.717, 1.165) is 0 Å². The van der Waals surface area contributed by atoms with Gasteiger partial charge < -0.3 is 0 Å². The lowest BCUT2D eigenvalue weighted by molar-refractivity contribution is 0.191. The van der Waals surface area contributed by atoms with Gasteiger partial charge in [0.25, 0.3) is 0 Å². The van der Waals surface area contributed by atoms with Crippen LogP contribution in [-0.4, -0.2) is 11.4 Å². The molecule has 1 heteroatoms. The lowest BCUT2D eigenvalue weighted by atomic mass is 10.0. The highest BCUT2D eigenvalue weighted by Gasteiger charge is 2.34. The van der Waals surface area contributed by atoms with Crippen molar-refractivity contribution >= 4 is 0 Å². The molecular weight excluding hydrogens is 254 g/mol. The van der Waals surface area contributed by atoms with Gasteiger partial charge >= 0.3 is 0 Å². The molecule has 0 saturated carbocycles. The summed E-state index contributed by atoms with van der Waals surface area (Å²) in [6.07, 6.45) is 5.09. The number of likely N-dealkylation sites (tertiary alicyclic amines) is 1. The molecule has 1 nitrogen and oxygen atoms in total. The zero-order valence-corrected chi connectivity index (χ0v) is 12.9. The molecule has 1 aliphatic rings. The van der Waals surface area contributed by atoms with Crippen LogP contribution in [0.3, 0.4) is 0 Å². The molecule has 1 saturated heterocycles. The highest BCUT2D eigenvalue weighted by Crippen LogP contribution is 2.43. The van der Waals surface area contributed by atoms with Gasteiger partial charge in [-0.05, 0) is 36.9 Å². The first kappa shape index (κ1) is 14.3. The summed E-state index contributed by atoms with van der Waals surface area (Å²) < 4.78 is 0. The van der Waals surface area contributed by atoms with Crippen molar-refractivity contribution in [1.82, 2.24) is 4.90 Å². The molecule has 1 heterocycles. The summed E-state index contributed by atoms with van der Waals surface area (Å²) in [7, 11) is 0. The van der Waals surface area contributed by atoms with Crippen molar-refractivity contribution in [2.75, 3.05) is 6.54 Å². The van der Waals surface area contributed by atoms with Crippen molar-refractivity contribution < 1.29 is 0 Å². The molecule has 1 fully saturated rings. The number of nitrogens with zero attached hydrogens (tertiary/aromatic N) is 1. The summed E-state index contributed by atoms with van der Waals surface area (Å²) in [5.74, 6) is 0. The van der Waals surface area contributed by atoms with Gasteiger partial charge in [0.15, 0.2) is 0 Å². The van der Waals surface area contributed by atoms with E-state index in [0.29, 0.717) is 12.1 Å². The van der Waals surface area contributed by atoms with Crippen molar-refractivity contribution in [2.24, 2.45) is 0 Å². The number of benzene rings is 2. The van der Waals surface area contributed by atoms with Crippen LogP contribution in [0.5, 0.6) is 0 Å². The number of unbranched alkanes of at least 4 members (excludes halogenated alkanes) is 1. The molecule has 0 radical (unpaired) electrons. The Hall–Kier alpha value is -1.60. The minimum absolute atomic E-state index is 0.586. The molecule has 2 aromatic carbocycles. The maximum atomic E-state index is 2.73. The smallest absolute Gasteiger partial charge is 0.0354 e. The van der Waals surface area contributed by atoms with Crippen LogP contribution in [0, 0.1) is 0 Å². The Balaban J connectivity index is 1.85. The molecule has 0 bridgehead atoms. The zero-order valence-electron chi connectivity index (χ0n) is 12.9. The normalized spacial score (nSPS) is 22.5. The maximum absolute atomic E-state index is 2.73. The molecule has 110 valence electrons. The van der Waals surface area contributed by atoms with E-state index in [-0.39, 0.29) is 0 Å². The first-order valence-corrected chi connectivity index (χ1v) is 8.25. The first-order valence-electron chi connectivity index (χ1n) is 8.25. The van der Waals surface area contributed by atoms with Gasteiger partial charge in [-0.25, -0.2) is 0 Å². The van der Waals surface area contributed by atoms with Gasteiger partial charge in [-0.3, -0.25) is 4.90 Å². The Kier molecular flexibility index (Phi) is 4.72. The van der Waals surface area contributed by atoms with Crippen molar-refractivity contribution in [1.29, 1.82) is 0 Å². The molecule has 0 N–H and O–H groups in total. The van der Waals surface area contributed by atoms with Gasteiger partial charge in [0, 0.05) is 12.1 Å². The second-order valence-corrected chi connectivity index (χ2v) is 6.02. The molecule has 0 amide bonds. The predicted octanol–water partition coefficient (Wildman–Crippen LogP) is 5.36. The Morgan fingerprint density at radius 3 is 1.71 bits per heavy atom. The molecule has 1 aliphatic heterocycles. The van der Waals surface area contributed by atoms with Crippen LogP contribution in [0.15, 0.2) is 60.7 Å². The zero-order chi connectivity index (χ0) is 14.5. The van der Waals surface area contributed by atoms with E-state index >= 15 is 0 Å². The van der Waals surface area contributed by atoms with Crippen molar-refractivity contribution in [2.45, 2.75) is 44.7 Å². The van der Waals surface area contributed by atoms with E-state index in [1.165, 1.54) is 43.4 Å². The molecule has 0 aromatic heterocycles. The van der Waals surface area contributed by atoms with E-state index in [1.54, 1.807) is 0 Å². The molecule has 2 atom stereocenters. The molecule has 0 aliphatic carbocycles. The highest BCUT2D eigenvalue weighted by atomic mass is 15.2. The SMILES string of the molecule is CCCCN1[C@H](c2ccccc2)CC[C@H]1c1ccccc1. The quantitative estimate of drug-likeness (QED) is 0.711. The summed E-state index contributed by atoms with van der Waals surface area (Å²) in [6, 6.07) is 23.2. The first-order chi connectivity index (χ1) is 10.4. The van der Waals surface area contributed by atoms with Gasteiger partial charge in [-0.1, -0.05) is 74.0 Å². The predicted molar refractivity (Wildman–Crippen MR) is 89.2 cm³/mol. The average molecular weight is 279 g/mol. The second-order valence-electron chi connectivity index (χ2n) is 6.02. The summed E-state index contributed by atoms with van der Waals surface area (Å²) in [5, 5.41) is 0. The van der Waals surface area contributed by atoms with Crippen LogP contribution < -0.4 is 0 Å². The topological polar surface area (TPSA) is 3.24 Å². The molecule has 0 spiro atoms. The summed E-state index contributed by atoms with van der Waals surface area (Å²) in [4.78, 5) is 2.73. The van der Waals surface area contributed by atoms with E-state index in [4.69, 9.17) is 0 Å². The van der Waals surface area contributed by atoms with E-state index in [2.05, 4.69) is 72.5 Å². The fourth-order valence-corrected chi connectivity index (χ4v) is 3.58. The van der Waals surface area contributed by atoms with Crippen LogP contribution in [0.1, 0.15) is 55.8 Å². The largest absolute Gasteiger partial charge is 0.289 e. The van der Waals surface area contributed by atoms with Gasteiger partial charge in [0.2, 0.25) is 0 Å². The Bertz CT molecular complexity index is 487. The number of rotatable bonds is 5. The summed E-state index contributed by atoms with van der Waals surface area (Å²) >= 11 is 0. The van der Waals surface area contributed by atoms with Crippen LogP contribution in [0.2, 0.25) is 0 Å². The van der Waals surface area contributed by atoms with Crippen molar-refractivity contribution in [3.63, 3.8) is 0 Å². The van der Waals surface area contributed by atoms with E-state index in [1.807, 2.05) is 0 Å². The third-order valence-corrected chi connectivity index (χ3v) is 4.65. The van der Waals surface area contributed by atoms with Crippen LogP contribution in [0.4, 0.5) is 0 Å². The van der Waals surface area contributed by atoms with E-state index < -0.39 is 0 Å². The molecule has 21 heavy (non-hydrogen) atoms. The standard InChI is InChI=1S/C20H25N/c1-2-3-16-21-19(17-10-6-4-7-11-17)14-15-20(21)18-12-8-5-9-13-18/h4-13,19-20H,2-3,14-16H2,1H3/t19-,20-/m0/s1. The van der Waals surface area contributed by atoms with E-state index in [9.17, 15) is 0 Å². The highest BCUT2D eigenvalue weighted by molar-refractivity contribution is 5.25. The minimum Gasteiger partial charge on any atom is -0.289 e. The molecule has 3 rings (SSSR count). The number of hydrogen-bond donors (Lipinski definition) is 0. The van der Waals surface area contributed by atoms with Gasteiger partial charge in [0.05, 0.1) is 0 Å². The monoisotopic (exact) mass is 279 g/mol. The Morgan fingerprint density at radius 1 is 0.810 bits per heavy atom. The second kappa shape index (κ2) is 6.91. The van der Waals surface area contributed by atoms with Crippen LogP contribution in [0.25, 0.3) is 0 Å². The third kappa shape index (κ3) is 3.19.